The highest BCUT2D eigenvalue weighted by atomic mass is 35.5. The Labute approximate surface area is 233 Å². The third kappa shape index (κ3) is 3.36. The first-order chi connectivity index (χ1) is 19.2. The number of carbonyl (C=O) groups excluding carboxylic acids is 3. The summed E-state index contributed by atoms with van der Waals surface area (Å²) >= 11 is 6.52. The molecule has 4 aliphatic rings. The van der Waals surface area contributed by atoms with Crippen molar-refractivity contribution in [3.05, 3.63) is 70.2 Å². The molecule has 7 rings (SSSR count). The Morgan fingerprint density at radius 3 is 2.52 bits per heavy atom. The van der Waals surface area contributed by atoms with E-state index in [1.807, 2.05) is 13.0 Å². The van der Waals surface area contributed by atoms with Gasteiger partial charge in [-0.15, -0.1) is 0 Å². The van der Waals surface area contributed by atoms with Crippen molar-refractivity contribution in [2.24, 2.45) is 11.8 Å². The van der Waals surface area contributed by atoms with Crippen molar-refractivity contribution in [2.75, 3.05) is 23.4 Å². The molecule has 3 aromatic carbocycles. The van der Waals surface area contributed by atoms with Crippen LogP contribution in [-0.2, 0) is 26.3 Å². The first-order valence-electron chi connectivity index (χ1n) is 12.9. The summed E-state index contributed by atoms with van der Waals surface area (Å²) in [5.41, 5.74) is 1.11. The number of rotatable bonds is 3. The van der Waals surface area contributed by atoms with Crippen LogP contribution in [0, 0.1) is 18.8 Å². The van der Waals surface area contributed by atoms with Crippen LogP contribution >= 0.6 is 11.6 Å². The molecule has 0 bridgehead atoms. The standard InChI is InChI=1S/C29H24ClN3O7/c1-13-8-16-25(17(30)9-13)31-28(38)29(16)24-23(18(32-29)10-14-2-4-19(34)20(35)11-14)26(36)33(27(24)37)15-3-5-21-22(12-15)40-7-6-39-21/h2-5,8-9,11-12,18,23-24,32,34-35H,6-7,10H2,1H3,(H,31,38)/t18-,23+,24+,29-/m0/s1. The lowest BCUT2D eigenvalue weighted by molar-refractivity contribution is -0.130. The number of ether oxygens (including phenoxy) is 2. The van der Waals surface area contributed by atoms with Crippen molar-refractivity contribution < 1.29 is 34.1 Å². The number of nitrogens with zero attached hydrogens (tertiary/aromatic N) is 1. The minimum Gasteiger partial charge on any atom is -0.504 e. The Hall–Kier alpha value is -4.28. The summed E-state index contributed by atoms with van der Waals surface area (Å²) in [4.78, 5) is 43.3. The molecule has 2 fully saturated rings. The number of phenolic OH excluding ortho intramolecular Hbond substituents is 2. The maximum atomic E-state index is 14.3. The number of anilines is 2. The zero-order valence-corrected chi connectivity index (χ0v) is 22.0. The van der Waals surface area contributed by atoms with Crippen LogP contribution in [0.4, 0.5) is 11.4 Å². The molecule has 4 N–H and O–H groups in total. The van der Waals surface area contributed by atoms with Gasteiger partial charge in [0, 0.05) is 17.7 Å². The fourth-order valence-electron chi connectivity index (χ4n) is 6.54. The van der Waals surface area contributed by atoms with Crippen LogP contribution in [0.1, 0.15) is 16.7 Å². The Balaban J connectivity index is 1.37. The Morgan fingerprint density at radius 1 is 0.975 bits per heavy atom. The van der Waals surface area contributed by atoms with Crippen LogP contribution in [0.5, 0.6) is 23.0 Å². The number of aryl methyl sites for hydroxylation is 1. The van der Waals surface area contributed by atoms with Gasteiger partial charge in [0.05, 0.1) is 28.2 Å². The van der Waals surface area contributed by atoms with Crippen molar-refractivity contribution in [1.82, 2.24) is 5.32 Å². The topological polar surface area (TPSA) is 137 Å². The van der Waals surface area contributed by atoms with E-state index in [9.17, 15) is 24.6 Å². The molecule has 11 heteroatoms. The van der Waals surface area contributed by atoms with Crippen molar-refractivity contribution in [2.45, 2.75) is 24.9 Å². The van der Waals surface area contributed by atoms with Gasteiger partial charge in [0.2, 0.25) is 17.7 Å². The zero-order chi connectivity index (χ0) is 27.9. The minimum absolute atomic E-state index is 0.201. The number of hydrogen-bond donors (Lipinski definition) is 4. The van der Waals surface area contributed by atoms with Gasteiger partial charge < -0.3 is 25.0 Å². The van der Waals surface area contributed by atoms with E-state index in [4.69, 9.17) is 21.1 Å². The van der Waals surface area contributed by atoms with E-state index in [1.165, 1.54) is 12.1 Å². The van der Waals surface area contributed by atoms with E-state index in [0.29, 0.717) is 52.2 Å². The quantitative estimate of drug-likeness (QED) is 0.283. The number of fused-ring (bicyclic) bond motifs is 5. The number of aromatic hydroxyl groups is 2. The highest BCUT2D eigenvalue weighted by molar-refractivity contribution is 6.35. The van der Waals surface area contributed by atoms with Crippen molar-refractivity contribution in [1.29, 1.82) is 0 Å². The second-order valence-corrected chi connectivity index (χ2v) is 11.0. The maximum absolute atomic E-state index is 14.3. The van der Waals surface area contributed by atoms with Crippen molar-refractivity contribution in [3.63, 3.8) is 0 Å². The first-order valence-corrected chi connectivity index (χ1v) is 13.2. The minimum atomic E-state index is -1.55. The number of carbonyl (C=O) groups is 3. The molecule has 1 spiro atoms. The summed E-state index contributed by atoms with van der Waals surface area (Å²) in [6.07, 6.45) is 0.201. The van der Waals surface area contributed by atoms with Crippen LogP contribution in [0.3, 0.4) is 0 Å². The lowest BCUT2D eigenvalue weighted by Gasteiger charge is -2.30. The lowest BCUT2D eigenvalue weighted by atomic mass is 9.76. The molecule has 4 atom stereocenters. The van der Waals surface area contributed by atoms with Crippen LogP contribution in [-0.4, -0.2) is 47.2 Å². The summed E-state index contributed by atoms with van der Waals surface area (Å²) < 4.78 is 11.3. The van der Waals surface area contributed by atoms with Gasteiger partial charge in [-0.1, -0.05) is 23.7 Å². The Kier molecular flexibility index (Phi) is 5.32. The smallest absolute Gasteiger partial charge is 0.250 e. The molecule has 204 valence electrons. The average molecular weight is 562 g/mol. The number of benzene rings is 3. The summed E-state index contributed by atoms with van der Waals surface area (Å²) in [5.74, 6) is -3.05. The first kappa shape index (κ1) is 24.7. The molecular weight excluding hydrogens is 538 g/mol. The molecule has 0 aliphatic carbocycles. The molecule has 4 heterocycles. The average Bonchev–Trinajstić information content (AvgIpc) is 3.50. The monoisotopic (exact) mass is 561 g/mol. The zero-order valence-electron chi connectivity index (χ0n) is 21.2. The Morgan fingerprint density at radius 2 is 1.75 bits per heavy atom. The highest BCUT2D eigenvalue weighted by Crippen LogP contribution is 2.55. The number of nitrogens with one attached hydrogen (secondary N) is 2. The van der Waals surface area contributed by atoms with Gasteiger partial charge >= 0.3 is 0 Å². The van der Waals surface area contributed by atoms with E-state index >= 15 is 0 Å². The van der Waals surface area contributed by atoms with E-state index in [-0.39, 0.29) is 17.9 Å². The molecule has 0 aromatic heterocycles. The van der Waals surface area contributed by atoms with Gasteiger partial charge in [-0.25, -0.2) is 4.90 Å². The number of hydrogen-bond acceptors (Lipinski definition) is 8. The number of phenols is 2. The fraction of sp³-hybridized carbons (Fsp3) is 0.276. The summed E-state index contributed by atoms with van der Waals surface area (Å²) in [7, 11) is 0. The second kappa shape index (κ2) is 8.61. The van der Waals surface area contributed by atoms with Gasteiger partial charge in [-0.05, 0) is 54.8 Å². The van der Waals surface area contributed by atoms with Crippen LogP contribution in [0.25, 0.3) is 0 Å². The molecule has 40 heavy (non-hydrogen) atoms. The molecule has 4 aliphatic heterocycles. The maximum Gasteiger partial charge on any atom is 0.250 e. The summed E-state index contributed by atoms with van der Waals surface area (Å²) in [6, 6.07) is 12.1. The molecule has 3 aromatic rings. The molecule has 0 radical (unpaired) electrons. The normalized spacial score (nSPS) is 26.3. The summed E-state index contributed by atoms with van der Waals surface area (Å²) in [6.45, 7) is 2.58. The molecular formula is C29H24ClN3O7. The number of imide groups is 1. The molecule has 3 amide bonds. The number of halogens is 1. The predicted molar refractivity (Wildman–Crippen MR) is 144 cm³/mol. The lowest BCUT2D eigenvalue weighted by Crippen LogP contribution is -2.53. The van der Waals surface area contributed by atoms with Crippen molar-refractivity contribution in [3.8, 4) is 23.0 Å². The number of amides is 3. The highest BCUT2D eigenvalue weighted by Gasteiger charge is 2.70. The van der Waals surface area contributed by atoms with E-state index in [1.54, 1.807) is 30.3 Å². The van der Waals surface area contributed by atoms with E-state index in [0.717, 1.165) is 10.5 Å². The third-order valence-electron chi connectivity index (χ3n) is 8.20. The van der Waals surface area contributed by atoms with Crippen LogP contribution < -0.4 is 25.0 Å². The summed E-state index contributed by atoms with van der Waals surface area (Å²) in [5, 5.41) is 26.4. The Bertz CT molecular complexity index is 1640. The van der Waals surface area contributed by atoms with Crippen LogP contribution in [0.15, 0.2) is 48.5 Å². The van der Waals surface area contributed by atoms with Crippen LogP contribution in [0.2, 0.25) is 5.02 Å². The van der Waals surface area contributed by atoms with Crippen molar-refractivity contribution >= 4 is 40.7 Å². The van der Waals surface area contributed by atoms with Gasteiger partial charge in [0.15, 0.2) is 23.0 Å². The van der Waals surface area contributed by atoms with Gasteiger partial charge in [-0.3, -0.25) is 19.7 Å². The largest absolute Gasteiger partial charge is 0.504 e. The predicted octanol–water partition coefficient (Wildman–Crippen LogP) is 3.00. The molecule has 10 nitrogen and oxygen atoms in total. The molecule has 2 saturated heterocycles. The van der Waals surface area contributed by atoms with E-state index in [2.05, 4.69) is 10.6 Å². The second-order valence-electron chi connectivity index (χ2n) is 10.6. The third-order valence-corrected chi connectivity index (χ3v) is 8.50. The molecule has 0 saturated carbocycles. The van der Waals surface area contributed by atoms with Gasteiger partial charge in [-0.2, -0.15) is 0 Å². The SMILES string of the molecule is Cc1cc(Cl)c2c(c1)[C@@]1(N[C@@H](Cc3ccc(O)c(O)c3)[C@H]3C(=O)N(c4ccc5c(c4)OCCO5)C(=O)[C@@H]31)C(=O)N2. The molecule has 0 unspecified atom stereocenters. The fourth-order valence-corrected chi connectivity index (χ4v) is 6.87. The van der Waals surface area contributed by atoms with E-state index < -0.39 is 41.1 Å². The van der Waals surface area contributed by atoms with Gasteiger partial charge in [0.25, 0.3) is 0 Å². The van der Waals surface area contributed by atoms with Gasteiger partial charge in [0.1, 0.15) is 18.8 Å².